The van der Waals surface area contributed by atoms with E-state index in [1.165, 1.54) is 12.1 Å². The molecule has 5 aromatic rings. The number of halogens is 1. The number of ether oxygens (including phenoxy) is 1. The molecule has 0 amide bonds. The number of hydrogen-bond donors (Lipinski definition) is 1. The molecule has 0 heterocycles. The van der Waals surface area contributed by atoms with Crippen LogP contribution in [0.3, 0.4) is 0 Å². The van der Waals surface area contributed by atoms with Crippen LogP contribution >= 0.6 is 15.9 Å². The van der Waals surface area contributed by atoms with E-state index in [0.717, 1.165) is 27.6 Å². The number of hydrogen-bond acceptors (Lipinski definition) is 5. The molecule has 0 aliphatic heterocycles. The third-order valence-electron chi connectivity index (χ3n) is 6.61. The molecule has 0 fully saturated rings. The van der Waals surface area contributed by atoms with Crippen molar-refractivity contribution < 1.29 is 27.2 Å². The van der Waals surface area contributed by atoms with E-state index < -0.39 is 22.7 Å². The van der Waals surface area contributed by atoms with Gasteiger partial charge in [0.1, 0.15) is 16.4 Å². The van der Waals surface area contributed by atoms with Crippen LogP contribution in [0.4, 0.5) is 0 Å². The highest BCUT2D eigenvalue weighted by molar-refractivity contribution is 9.10. The third kappa shape index (κ3) is 6.78. The minimum absolute atomic E-state index is 0.0524. The predicted octanol–water partition coefficient (Wildman–Crippen LogP) is 7.32. The van der Waals surface area contributed by atoms with Crippen LogP contribution in [0.1, 0.15) is 27.8 Å². The molecule has 0 atom stereocenters. The standard InChI is InChI=1S/C33H27BrO6S/c1-22-12-14-28(15-13-22)41(37,38)40-30-20-29-25(18-26(30)16-23-8-4-2-5-9-23)19-27(17-24-10-6-3-7-11-24)33(32(29)34)39-21-31(35)36/h2-15,18-20H,16-17,21H2,1H3,(H,35,36). The van der Waals surface area contributed by atoms with Crippen LogP contribution < -0.4 is 8.92 Å². The van der Waals surface area contributed by atoms with E-state index in [2.05, 4.69) is 15.9 Å². The van der Waals surface area contributed by atoms with Crippen molar-refractivity contribution in [3.05, 3.63) is 135 Å². The fourth-order valence-corrected chi connectivity index (χ4v) is 6.28. The van der Waals surface area contributed by atoms with E-state index in [1.807, 2.05) is 79.7 Å². The first kappa shape index (κ1) is 28.4. The molecular formula is C33H27BrO6S. The maximum atomic E-state index is 13.3. The minimum atomic E-state index is -4.13. The lowest BCUT2D eigenvalue weighted by Gasteiger charge is -2.18. The second-order valence-electron chi connectivity index (χ2n) is 9.72. The Morgan fingerprint density at radius 3 is 1.95 bits per heavy atom. The summed E-state index contributed by atoms with van der Waals surface area (Å²) in [6, 6.07) is 31.6. The monoisotopic (exact) mass is 630 g/mol. The van der Waals surface area contributed by atoms with E-state index in [-0.39, 0.29) is 10.6 Å². The van der Waals surface area contributed by atoms with Gasteiger partial charge in [0.05, 0.1) is 4.47 Å². The molecule has 1 N–H and O–H groups in total. The summed E-state index contributed by atoms with van der Waals surface area (Å²) in [5, 5.41) is 10.8. The number of carbonyl (C=O) groups is 1. The van der Waals surface area contributed by atoms with E-state index >= 15 is 0 Å². The van der Waals surface area contributed by atoms with Gasteiger partial charge in [0, 0.05) is 29.4 Å². The topological polar surface area (TPSA) is 89.9 Å². The molecule has 0 saturated heterocycles. The van der Waals surface area contributed by atoms with Crippen molar-refractivity contribution in [2.75, 3.05) is 6.61 Å². The summed E-state index contributed by atoms with van der Waals surface area (Å²) in [4.78, 5) is 11.4. The first-order valence-electron chi connectivity index (χ1n) is 12.9. The lowest BCUT2D eigenvalue weighted by atomic mass is 9.96. The SMILES string of the molecule is Cc1ccc(S(=O)(=O)Oc2cc3c(Br)c(OCC(=O)O)c(Cc4ccccc4)cc3cc2Cc2ccccc2)cc1. The highest BCUT2D eigenvalue weighted by atomic mass is 79.9. The van der Waals surface area contributed by atoms with Gasteiger partial charge in [0.2, 0.25) is 0 Å². The van der Waals surface area contributed by atoms with E-state index in [0.29, 0.717) is 34.0 Å². The van der Waals surface area contributed by atoms with Gasteiger partial charge < -0.3 is 14.0 Å². The van der Waals surface area contributed by atoms with Gasteiger partial charge in [-0.3, -0.25) is 0 Å². The number of aliphatic carboxylic acids is 1. The predicted molar refractivity (Wildman–Crippen MR) is 162 cm³/mol. The van der Waals surface area contributed by atoms with Crippen molar-refractivity contribution in [3.63, 3.8) is 0 Å². The largest absolute Gasteiger partial charge is 0.480 e. The second kappa shape index (κ2) is 12.2. The van der Waals surface area contributed by atoms with Gasteiger partial charge in [0.25, 0.3) is 0 Å². The quantitative estimate of drug-likeness (QED) is 0.163. The molecule has 0 radical (unpaired) electrons. The van der Waals surface area contributed by atoms with Gasteiger partial charge in [-0.2, -0.15) is 8.42 Å². The zero-order chi connectivity index (χ0) is 29.0. The van der Waals surface area contributed by atoms with Crippen LogP contribution in [0, 0.1) is 6.92 Å². The van der Waals surface area contributed by atoms with Gasteiger partial charge in [-0.15, -0.1) is 0 Å². The zero-order valence-electron chi connectivity index (χ0n) is 22.2. The Bertz CT molecular complexity index is 1800. The summed E-state index contributed by atoms with van der Waals surface area (Å²) < 4.78 is 38.7. The first-order valence-corrected chi connectivity index (χ1v) is 15.1. The number of fused-ring (bicyclic) bond motifs is 1. The lowest BCUT2D eigenvalue weighted by molar-refractivity contribution is -0.139. The Hall–Kier alpha value is -4.14. The molecule has 8 heteroatoms. The van der Waals surface area contributed by atoms with Crippen LogP contribution in [0.25, 0.3) is 10.8 Å². The number of aryl methyl sites for hydroxylation is 1. The second-order valence-corrected chi connectivity index (χ2v) is 12.1. The van der Waals surface area contributed by atoms with Crippen molar-refractivity contribution in [1.82, 2.24) is 0 Å². The Kier molecular flexibility index (Phi) is 8.42. The van der Waals surface area contributed by atoms with Crippen molar-refractivity contribution in [2.45, 2.75) is 24.7 Å². The first-order chi connectivity index (χ1) is 19.7. The molecular weight excluding hydrogens is 604 g/mol. The fourth-order valence-electron chi connectivity index (χ4n) is 4.61. The number of carboxylic acids is 1. The van der Waals surface area contributed by atoms with Crippen LogP contribution in [-0.4, -0.2) is 26.1 Å². The van der Waals surface area contributed by atoms with Crippen LogP contribution in [-0.2, 0) is 27.8 Å². The zero-order valence-corrected chi connectivity index (χ0v) is 24.6. The Labute approximate surface area is 247 Å². The highest BCUT2D eigenvalue weighted by Crippen LogP contribution is 2.41. The number of benzene rings is 5. The van der Waals surface area contributed by atoms with E-state index in [4.69, 9.17) is 8.92 Å². The molecule has 0 aliphatic carbocycles. The number of carboxylic acid groups (broad SMARTS) is 1. The number of rotatable bonds is 10. The van der Waals surface area contributed by atoms with Gasteiger partial charge in [-0.1, -0.05) is 78.4 Å². The molecule has 0 spiro atoms. The smallest absolute Gasteiger partial charge is 0.341 e. The van der Waals surface area contributed by atoms with Crippen LogP contribution in [0.5, 0.6) is 11.5 Å². The van der Waals surface area contributed by atoms with Crippen molar-refractivity contribution in [3.8, 4) is 11.5 Å². The normalized spacial score (nSPS) is 11.4. The maximum Gasteiger partial charge on any atom is 0.341 e. The molecule has 0 unspecified atom stereocenters. The van der Waals surface area contributed by atoms with E-state index in [1.54, 1.807) is 18.2 Å². The summed E-state index contributed by atoms with van der Waals surface area (Å²) in [5.74, 6) is -0.538. The third-order valence-corrected chi connectivity index (χ3v) is 8.65. The van der Waals surface area contributed by atoms with Crippen molar-refractivity contribution in [1.29, 1.82) is 0 Å². The minimum Gasteiger partial charge on any atom is -0.480 e. The summed E-state index contributed by atoms with van der Waals surface area (Å²) in [7, 11) is -4.13. The average molecular weight is 632 g/mol. The molecule has 5 rings (SSSR count). The molecule has 0 aliphatic rings. The molecule has 0 bridgehead atoms. The summed E-state index contributed by atoms with van der Waals surface area (Å²) >= 11 is 3.63. The van der Waals surface area contributed by atoms with E-state index in [9.17, 15) is 18.3 Å². The van der Waals surface area contributed by atoms with Crippen LogP contribution in [0.15, 0.2) is 112 Å². The molecule has 41 heavy (non-hydrogen) atoms. The average Bonchev–Trinajstić information content (AvgIpc) is 2.95. The van der Waals surface area contributed by atoms with Gasteiger partial charge >= 0.3 is 16.1 Å². The lowest BCUT2D eigenvalue weighted by Crippen LogP contribution is -2.12. The highest BCUT2D eigenvalue weighted by Gasteiger charge is 2.22. The summed E-state index contributed by atoms with van der Waals surface area (Å²) in [6.07, 6.45) is 0.955. The van der Waals surface area contributed by atoms with Gasteiger partial charge in [0.15, 0.2) is 6.61 Å². The Morgan fingerprint density at radius 2 is 1.37 bits per heavy atom. The van der Waals surface area contributed by atoms with Crippen LogP contribution in [0.2, 0.25) is 0 Å². The van der Waals surface area contributed by atoms with Crippen molar-refractivity contribution >= 4 is 42.8 Å². The molecule has 6 nitrogen and oxygen atoms in total. The molecule has 0 saturated carbocycles. The maximum absolute atomic E-state index is 13.3. The Balaban J connectivity index is 1.66. The molecule has 5 aromatic carbocycles. The summed E-state index contributed by atoms with van der Waals surface area (Å²) in [5.41, 5.74) is 4.45. The van der Waals surface area contributed by atoms with Gasteiger partial charge in [-0.25, -0.2) is 4.79 Å². The van der Waals surface area contributed by atoms with Gasteiger partial charge in [-0.05, 0) is 69.7 Å². The van der Waals surface area contributed by atoms with Crippen molar-refractivity contribution in [2.24, 2.45) is 0 Å². The summed E-state index contributed by atoms with van der Waals surface area (Å²) in [6.45, 7) is 1.36. The Morgan fingerprint density at radius 1 is 0.805 bits per heavy atom. The fraction of sp³-hybridized carbons (Fsp3) is 0.121. The molecule has 208 valence electrons. The molecule has 0 aromatic heterocycles.